The Bertz CT molecular complexity index is 971. The van der Waals surface area contributed by atoms with Crippen molar-refractivity contribution in [3.8, 4) is 11.8 Å². The zero-order valence-electron chi connectivity index (χ0n) is 18.6. The van der Waals surface area contributed by atoms with Crippen molar-refractivity contribution in [2.45, 2.75) is 33.7 Å². The van der Waals surface area contributed by atoms with E-state index in [1.54, 1.807) is 0 Å². The maximum Gasteiger partial charge on any atom is 0.328 e. The maximum absolute atomic E-state index is 5.92. The molecule has 1 aromatic heterocycles. The fourth-order valence-electron chi connectivity index (χ4n) is 3.02. The van der Waals surface area contributed by atoms with Gasteiger partial charge in [-0.2, -0.15) is 15.0 Å². The normalized spacial score (nSPS) is 12.0. The van der Waals surface area contributed by atoms with Crippen LogP contribution < -0.4 is 15.0 Å². The molecule has 3 rings (SSSR count). The third-order valence-electron chi connectivity index (χ3n) is 4.80. The number of hydrogen-bond donors (Lipinski definition) is 1. The maximum atomic E-state index is 5.92. The number of rotatable bonds is 10. The van der Waals surface area contributed by atoms with E-state index in [2.05, 4.69) is 63.1 Å². The summed E-state index contributed by atoms with van der Waals surface area (Å²) in [6, 6.07) is 18.3. The molecule has 0 saturated carbocycles. The van der Waals surface area contributed by atoms with E-state index in [1.807, 2.05) is 55.6 Å². The van der Waals surface area contributed by atoms with Crippen molar-refractivity contribution in [3.63, 3.8) is 0 Å². The number of anilines is 2. The van der Waals surface area contributed by atoms with E-state index in [0.717, 1.165) is 25.2 Å². The number of aromatic nitrogens is 3. The summed E-state index contributed by atoms with van der Waals surface area (Å²) in [5.74, 6) is 1.77. The Kier molecular flexibility index (Phi) is 7.92. The van der Waals surface area contributed by atoms with Crippen LogP contribution in [0.25, 0.3) is 0 Å². The first kappa shape index (κ1) is 22.2. The van der Waals surface area contributed by atoms with E-state index < -0.39 is 0 Å². The van der Waals surface area contributed by atoms with Crippen molar-refractivity contribution in [1.29, 1.82) is 0 Å². The lowest BCUT2D eigenvalue weighted by atomic mass is 10.1. The first-order chi connectivity index (χ1) is 15.1. The molecule has 0 fully saturated rings. The fourth-order valence-corrected chi connectivity index (χ4v) is 3.02. The van der Waals surface area contributed by atoms with Crippen molar-refractivity contribution in [1.82, 2.24) is 15.0 Å². The van der Waals surface area contributed by atoms with Crippen LogP contribution in [0.3, 0.4) is 0 Å². The number of nitrogens with one attached hydrogen (secondary N) is 1. The van der Waals surface area contributed by atoms with Gasteiger partial charge in [-0.15, -0.1) is 0 Å². The van der Waals surface area contributed by atoms with Gasteiger partial charge < -0.3 is 15.0 Å². The Labute approximate surface area is 184 Å². The number of hydrogen-bond acceptors (Lipinski definition) is 7. The Morgan fingerprint density at radius 3 is 2.32 bits per heavy atom. The van der Waals surface area contributed by atoms with E-state index in [0.29, 0.717) is 17.6 Å². The van der Waals surface area contributed by atoms with E-state index in [9.17, 15) is 0 Å². The predicted octanol–water partition coefficient (Wildman–Crippen LogP) is 5.12. The van der Waals surface area contributed by atoms with Gasteiger partial charge >= 0.3 is 6.01 Å². The summed E-state index contributed by atoms with van der Waals surface area (Å²) in [5.41, 5.74) is 2.19. The molecule has 0 aliphatic heterocycles. The Morgan fingerprint density at radius 1 is 0.968 bits per heavy atom. The van der Waals surface area contributed by atoms with Crippen molar-refractivity contribution in [2.24, 2.45) is 4.99 Å². The highest BCUT2D eigenvalue weighted by molar-refractivity contribution is 5.80. The minimum atomic E-state index is 0.102. The largest absolute Gasteiger partial charge is 0.424 e. The van der Waals surface area contributed by atoms with Crippen molar-refractivity contribution >= 4 is 18.1 Å². The second-order valence-electron chi connectivity index (χ2n) is 6.98. The molecule has 0 bridgehead atoms. The standard InChI is InChI=1S/C24H30N6O/c1-5-25-22-27-23(30(6-2)7-3)29-24(28-22)31-21-15-13-19(14-16-21)17-26-18(4)20-11-9-8-10-12-20/h8-18H,5-7H2,1-4H3,(H,25,27,28,29). The highest BCUT2D eigenvalue weighted by Gasteiger charge is 2.12. The van der Waals surface area contributed by atoms with Crippen LogP contribution in [-0.2, 0) is 0 Å². The summed E-state index contributed by atoms with van der Waals surface area (Å²) in [4.78, 5) is 20.0. The highest BCUT2D eigenvalue weighted by atomic mass is 16.5. The zero-order chi connectivity index (χ0) is 22.1. The van der Waals surface area contributed by atoms with Gasteiger partial charge in [0.2, 0.25) is 11.9 Å². The van der Waals surface area contributed by atoms with Gasteiger partial charge in [0.1, 0.15) is 5.75 Å². The molecule has 0 aliphatic rings. The quantitative estimate of drug-likeness (QED) is 0.461. The van der Waals surface area contributed by atoms with E-state index in [4.69, 9.17) is 4.74 Å². The smallest absolute Gasteiger partial charge is 0.328 e. The molecule has 1 heterocycles. The molecule has 0 spiro atoms. The van der Waals surface area contributed by atoms with Gasteiger partial charge in [-0.25, -0.2) is 0 Å². The van der Waals surface area contributed by atoms with Gasteiger partial charge in [-0.1, -0.05) is 30.3 Å². The molecular weight excluding hydrogens is 388 g/mol. The van der Waals surface area contributed by atoms with Gasteiger partial charge in [0.05, 0.1) is 6.04 Å². The molecule has 0 aliphatic carbocycles. The number of benzene rings is 2. The fraction of sp³-hybridized carbons (Fsp3) is 0.333. The van der Waals surface area contributed by atoms with E-state index >= 15 is 0 Å². The van der Waals surface area contributed by atoms with Crippen molar-refractivity contribution in [3.05, 3.63) is 65.7 Å². The zero-order valence-corrected chi connectivity index (χ0v) is 18.6. The summed E-state index contributed by atoms with van der Waals surface area (Å²) >= 11 is 0. The van der Waals surface area contributed by atoms with Crippen LogP contribution in [0.1, 0.15) is 44.9 Å². The first-order valence-electron chi connectivity index (χ1n) is 10.7. The van der Waals surface area contributed by atoms with Crippen LogP contribution in [0.5, 0.6) is 11.8 Å². The molecule has 7 nitrogen and oxygen atoms in total. The molecule has 7 heteroatoms. The third-order valence-corrected chi connectivity index (χ3v) is 4.80. The molecule has 1 N–H and O–H groups in total. The number of ether oxygens (including phenoxy) is 1. The van der Waals surface area contributed by atoms with Crippen LogP contribution in [0.4, 0.5) is 11.9 Å². The molecule has 0 saturated heterocycles. The molecule has 1 atom stereocenters. The van der Waals surface area contributed by atoms with Crippen LogP contribution in [0.2, 0.25) is 0 Å². The summed E-state index contributed by atoms with van der Waals surface area (Å²) < 4.78 is 5.92. The molecule has 0 amide bonds. The van der Waals surface area contributed by atoms with Crippen molar-refractivity contribution in [2.75, 3.05) is 29.9 Å². The highest BCUT2D eigenvalue weighted by Crippen LogP contribution is 2.22. The monoisotopic (exact) mass is 418 g/mol. The number of aliphatic imine (C=N–C) groups is 1. The van der Waals surface area contributed by atoms with Crippen molar-refractivity contribution < 1.29 is 4.74 Å². The average Bonchev–Trinajstić information content (AvgIpc) is 2.80. The molecule has 0 radical (unpaired) electrons. The second kappa shape index (κ2) is 11.1. The summed E-state index contributed by atoms with van der Waals surface area (Å²) in [7, 11) is 0. The summed E-state index contributed by atoms with van der Waals surface area (Å²) in [5, 5.41) is 3.14. The third kappa shape index (κ3) is 6.25. The van der Waals surface area contributed by atoms with Crippen LogP contribution in [-0.4, -0.2) is 40.8 Å². The van der Waals surface area contributed by atoms with Gasteiger partial charge in [0.15, 0.2) is 0 Å². The SMILES string of the molecule is CCNc1nc(Oc2ccc(C=NC(C)c3ccccc3)cc2)nc(N(CC)CC)n1. The molecule has 1 unspecified atom stereocenters. The topological polar surface area (TPSA) is 75.5 Å². The molecule has 31 heavy (non-hydrogen) atoms. The van der Waals surface area contributed by atoms with Gasteiger partial charge in [0, 0.05) is 25.8 Å². The lowest BCUT2D eigenvalue weighted by Gasteiger charge is -2.19. The minimum Gasteiger partial charge on any atom is -0.424 e. The average molecular weight is 419 g/mol. The van der Waals surface area contributed by atoms with Crippen LogP contribution in [0.15, 0.2) is 59.6 Å². The molecule has 2 aromatic carbocycles. The molecule has 162 valence electrons. The van der Waals surface area contributed by atoms with Gasteiger partial charge in [-0.3, -0.25) is 4.99 Å². The number of nitrogens with zero attached hydrogens (tertiary/aromatic N) is 5. The molecule has 3 aromatic rings. The van der Waals surface area contributed by atoms with E-state index in [-0.39, 0.29) is 12.1 Å². The Hall–Kier alpha value is -3.48. The van der Waals surface area contributed by atoms with E-state index in [1.165, 1.54) is 5.56 Å². The Balaban J connectivity index is 1.72. The predicted molar refractivity (Wildman–Crippen MR) is 127 cm³/mol. The summed E-state index contributed by atoms with van der Waals surface area (Å²) in [6.07, 6.45) is 1.88. The lowest BCUT2D eigenvalue weighted by molar-refractivity contribution is 0.440. The molecular formula is C24H30N6O. The van der Waals surface area contributed by atoms with Gasteiger partial charge in [-0.05, 0) is 63.1 Å². The lowest BCUT2D eigenvalue weighted by Crippen LogP contribution is -2.25. The minimum absolute atomic E-state index is 0.102. The van der Waals surface area contributed by atoms with Gasteiger partial charge in [0.25, 0.3) is 0 Å². The summed E-state index contributed by atoms with van der Waals surface area (Å²) in [6.45, 7) is 10.6. The Morgan fingerprint density at radius 2 is 1.68 bits per heavy atom. The van der Waals surface area contributed by atoms with Crippen LogP contribution >= 0.6 is 0 Å². The first-order valence-corrected chi connectivity index (χ1v) is 10.7. The second-order valence-corrected chi connectivity index (χ2v) is 6.98. The van der Waals surface area contributed by atoms with Crippen LogP contribution in [0, 0.1) is 0 Å².